The van der Waals surface area contributed by atoms with E-state index in [4.69, 9.17) is 33.9 Å². The molecule has 0 unspecified atom stereocenters. The molecule has 1 aromatic carbocycles. The molecule has 0 fully saturated rings. The molecule has 4 aromatic rings. The van der Waals surface area contributed by atoms with Crippen LogP contribution in [0.25, 0.3) is 32.5 Å². The standard InChI is InChI=1S/C16H10Cl2N6S/c17-9-1-2-10(11(18)7-9)12-13(14-22-16(19)24-23-14)25-15(21-12)8-3-5-20-6-4-8/h1-7H,(H3,19,22,23,24). The minimum absolute atomic E-state index is 0.169. The largest absolute Gasteiger partial charge is 0.366 e. The second-order valence-electron chi connectivity index (χ2n) is 5.10. The van der Waals surface area contributed by atoms with Gasteiger partial charge in [-0.2, -0.15) is 4.98 Å². The molecule has 0 amide bonds. The number of nitrogens with zero attached hydrogens (tertiary/aromatic N) is 4. The van der Waals surface area contributed by atoms with Crippen LogP contribution < -0.4 is 5.73 Å². The maximum Gasteiger partial charge on any atom is 0.239 e. The molecule has 3 aromatic heterocycles. The van der Waals surface area contributed by atoms with E-state index in [9.17, 15) is 0 Å². The normalized spacial score (nSPS) is 11.0. The molecule has 9 heteroatoms. The lowest BCUT2D eigenvalue weighted by molar-refractivity contribution is 1.10. The van der Waals surface area contributed by atoms with Gasteiger partial charge in [0.05, 0.1) is 15.6 Å². The minimum atomic E-state index is 0.169. The van der Waals surface area contributed by atoms with E-state index in [1.54, 1.807) is 24.5 Å². The number of H-pyrrole nitrogens is 1. The maximum absolute atomic E-state index is 6.38. The summed E-state index contributed by atoms with van der Waals surface area (Å²) >= 11 is 13.9. The Morgan fingerprint density at radius 3 is 2.52 bits per heavy atom. The van der Waals surface area contributed by atoms with Crippen LogP contribution in [0.2, 0.25) is 10.0 Å². The summed E-state index contributed by atoms with van der Waals surface area (Å²) in [7, 11) is 0. The van der Waals surface area contributed by atoms with Gasteiger partial charge in [0.1, 0.15) is 5.01 Å². The monoisotopic (exact) mass is 388 g/mol. The molecule has 0 saturated heterocycles. The molecule has 0 radical (unpaired) electrons. The van der Waals surface area contributed by atoms with Gasteiger partial charge in [-0.25, -0.2) is 4.98 Å². The van der Waals surface area contributed by atoms with Crippen molar-refractivity contribution in [1.82, 2.24) is 25.1 Å². The fourth-order valence-electron chi connectivity index (χ4n) is 2.34. The number of thiazole rings is 1. The van der Waals surface area contributed by atoms with Crippen LogP contribution in [0.5, 0.6) is 0 Å². The molecule has 25 heavy (non-hydrogen) atoms. The lowest BCUT2D eigenvalue weighted by Crippen LogP contribution is -1.87. The Bertz CT molecular complexity index is 1040. The summed E-state index contributed by atoms with van der Waals surface area (Å²) in [4.78, 5) is 13.8. The van der Waals surface area contributed by atoms with Crippen LogP contribution in [0.15, 0.2) is 42.7 Å². The van der Waals surface area contributed by atoms with E-state index in [1.807, 2.05) is 18.2 Å². The smallest absolute Gasteiger partial charge is 0.239 e. The Morgan fingerprint density at radius 2 is 1.84 bits per heavy atom. The van der Waals surface area contributed by atoms with Gasteiger partial charge in [-0.1, -0.05) is 23.2 Å². The Morgan fingerprint density at radius 1 is 1.04 bits per heavy atom. The molecule has 6 nitrogen and oxygen atoms in total. The van der Waals surface area contributed by atoms with Crippen molar-refractivity contribution in [3.8, 4) is 32.5 Å². The number of hydrogen-bond donors (Lipinski definition) is 2. The van der Waals surface area contributed by atoms with Gasteiger partial charge in [0.15, 0.2) is 5.82 Å². The lowest BCUT2D eigenvalue weighted by atomic mass is 10.1. The first-order valence-electron chi connectivity index (χ1n) is 7.16. The number of nitrogens with one attached hydrogen (secondary N) is 1. The van der Waals surface area contributed by atoms with Crippen LogP contribution in [-0.4, -0.2) is 25.1 Å². The highest BCUT2D eigenvalue weighted by molar-refractivity contribution is 7.18. The third kappa shape index (κ3) is 3.09. The number of aromatic nitrogens is 5. The highest BCUT2D eigenvalue weighted by Gasteiger charge is 2.20. The van der Waals surface area contributed by atoms with Crippen LogP contribution in [0.4, 0.5) is 5.95 Å². The molecule has 124 valence electrons. The van der Waals surface area contributed by atoms with Gasteiger partial charge in [0, 0.05) is 28.5 Å². The molecular formula is C16H10Cl2N6S. The summed E-state index contributed by atoms with van der Waals surface area (Å²) in [6.07, 6.45) is 3.44. The van der Waals surface area contributed by atoms with Crippen LogP contribution >= 0.6 is 34.5 Å². The number of pyridine rings is 1. The van der Waals surface area contributed by atoms with Gasteiger partial charge in [0.25, 0.3) is 0 Å². The first kappa shape index (κ1) is 16.0. The number of rotatable bonds is 3. The Balaban J connectivity index is 1.93. The molecule has 0 spiro atoms. The second-order valence-corrected chi connectivity index (χ2v) is 6.94. The fourth-order valence-corrected chi connectivity index (χ4v) is 3.86. The number of aromatic amines is 1. The van der Waals surface area contributed by atoms with Crippen LogP contribution in [0.1, 0.15) is 0 Å². The average molecular weight is 389 g/mol. The number of halogens is 2. The highest BCUT2D eigenvalue weighted by atomic mass is 35.5. The molecule has 0 aliphatic carbocycles. The third-order valence-corrected chi connectivity index (χ3v) is 5.12. The molecule has 0 aliphatic rings. The van der Waals surface area contributed by atoms with Gasteiger partial charge >= 0.3 is 0 Å². The van der Waals surface area contributed by atoms with Crippen molar-refractivity contribution < 1.29 is 0 Å². The van der Waals surface area contributed by atoms with E-state index in [2.05, 4.69) is 20.2 Å². The molecule has 3 N–H and O–H groups in total. The van der Waals surface area contributed by atoms with Gasteiger partial charge in [0.2, 0.25) is 5.95 Å². The maximum atomic E-state index is 6.38. The van der Waals surface area contributed by atoms with Crippen molar-refractivity contribution in [3.05, 3.63) is 52.8 Å². The Hall–Kier alpha value is -2.48. The van der Waals surface area contributed by atoms with E-state index in [0.717, 1.165) is 21.0 Å². The summed E-state index contributed by atoms with van der Waals surface area (Å²) in [5.74, 6) is 0.707. The van der Waals surface area contributed by atoms with Crippen molar-refractivity contribution in [2.75, 3.05) is 5.73 Å². The molecule has 0 bridgehead atoms. The molecule has 0 atom stereocenters. The average Bonchev–Trinajstić information content (AvgIpc) is 3.22. The van der Waals surface area contributed by atoms with Crippen LogP contribution in [0, 0.1) is 0 Å². The van der Waals surface area contributed by atoms with Crippen molar-refractivity contribution in [2.45, 2.75) is 0 Å². The quantitative estimate of drug-likeness (QED) is 0.536. The van der Waals surface area contributed by atoms with Gasteiger partial charge in [-0.05, 0) is 30.3 Å². The van der Waals surface area contributed by atoms with E-state index in [1.165, 1.54) is 11.3 Å². The van der Waals surface area contributed by atoms with Gasteiger partial charge in [-0.3, -0.25) is 10.1 Å². The summed E-state index contributed by atoms with van der Waals surface area (Å²) in [5, 5.41) is 8.61. The zero-order chi connectivity index (χ0) is 17.4. The summed E-state index contributed by atoms with van der Waals surface area (Å²) in [5.41, 5.74) is 8.05. The van der Waals surface area contributed by atoms with Crippen molar-refractivity contribution in [1.29, 1.82) is 0 Å². The van der Waals surface area contributed by atoms with Gasteiger partial charge < -0.3 is 5.73 Å². The third-order valence-electron chi connectivity index (χ3n) is 3.46. The first-order valence-corrected chi connectivity index (χ1v) is 8.74. The number of nitrogens with two attached hydrogens (primary N) is 1. The SMILES string of the molecule is Nc1n[nH]c(-c2sc(-c3ccncc3)nc2-c2ccc(Cl)cc2Cl)n1. The number of hydrogen-bond acceptors (Lipinski definition) is 6. The molecule has 0 saturated carbocycles. The lowest BCUT2D eigenvalue weighted by Gasteiger charge is -2.03. The summed E-state index contributed by atoms with van der Waals surface area (Å²) in [6, 6.07) is 9.07. The Labute approximate surface area is 156 Å². The molecular weight excluding hydrogens is 379 g/mol. The number of benzene rings is 1. The molecule has 4 rings (SSSR count). The van der Waals surface area contributed by atoms with Gasteiger partial charge in [-0.15, -0.1) is 16.4 Å². The molecule has 3 heterocycles. The predicted molar refractivity (Wildman–Crippen MR) is 101 cm³/mol. The first-order chi connectivity index (χ1) is 12.1. The summed E-state index contributed by atoms with van der Waals surface area (Å²) in [6.45, 7) is 0. The van der Waals surface area contributed by atoms with E-state index < -0.39 is 0 Å². The summed E-state index contributed by atoms with van der Waals surface area (Å²) < 4.78 is 0. The van der Waals surface area contributed by atoms with Crippen molar-refractivity contribution >= 4 is 40.5 Å². The van der Waals surface area contributed by atoms with E-state index in [-0.39, 0.29) is 5.95 Å². The minimum Gasteiger partial charge on any atom is -0.366 e. The van der Waals surface area contributed by atoms with Crippen LogP contribution in [-0.2, 0) is 0 Å². The Kier molecular flexibility index (Phi) is 4.12. The predicted octanol–water partition coefficient (Wildman–Crippen LogP) is 4.55. The van der Waals surface area contributed by atoms with E-state index in [0.29, 0.717) is 21.6 Å². The van der Waals surface area contributed by atoms with Crippen molar-refractivity contribution in [2.24, 2.45) is 0 Å². The zero-order valence-electron chi connectivity index (χ0n) is 12.6. The molecule has 0 aliphatic heterocycles. The topological polar surface area (TPSA) is 93.4 Å². The fraction of sp³-hybridized carbons (Fsp3) is 0. The second kappa shape index (κ2) is 6.44. The zero-order valence-corrected chi connectivity index (χ0v) is 14.9. The number of nitrogen functional groups attached to an aromatic ring is 1. The van der Waals surface area contributed by atoms with E-state index >= 15 is 0 Å². The number of anilines is 1. The van der Waals surface area contributed by atoms with Crippen LogP contribution in [0.3, 0.4) is 0 Å². The highest BCUT2D eigenvalue weighted by Crippen LogP contribution is 2.41. The van der Waals surface area contributed by atoms with Crippen molar-refractivity contribution in [3.63, 3.8) is 0 Å².